The number of hydrogen-bond acceptors (Lipinski definition) is 3. The molecule has 3 rings (SSSR count). The molecule has 0 atom stereocenters. The molecule has 0 aliphatic carbocycles. The first kappa shape index (κ1) is 17.7. The second-order valence-corrected chi connectivity index (χ2v) is 6.47. The Kier molecular flexibility index (Phi) is 5.32. The molecule has 0 fully saturated rings. The summed E-state index contributed by atoms with van der Waals surface area (Å²) in [6.45, 7) is 5.90. The van der Waals surface area contributed by atoms with E-state index in [2.05, 4.69) is 10.3 Å². The molecule has 1 amide bonds. The molecule has 2 aromatic carbocycles. The van der Waals surface area contributed by atoms with Gasteiger partial charge in [-0.15, -0.1) is 0 Å². The molecule has 0 radical (unpaired) electrons. The van der Waals surface area contributed by atoms with Gasteiger partial charge in [0.25, 0.3) is 5.91 Å². The summed E-state index contributed by atoms with van der Waals surface area (Å²) in [5.41, 5.74) is 4.16. The summed E-state index contributed by atoms with van der Waals surface area (Å²) in [4.78, 5) is 19.1. The third kappa shape index (κ3) is 4.09. The van der Waals surface area contributed by atoms with Gasteiger partial charge in [0.05, 0.1) is 0 Å². The number of amides is 1. The van der Waals surface area contributed by atoms with Crippen LogP contribution in [0.5, 0.6) is 0 Å². The highest BCUT2D eigenvalue weighted by Gasteiger charge is 2.21. The Morgan fingerprint density at radius 3 is 2.15 bits per heavy atom. The van der Waals surface area contributed by atoms with Crippen molar-refractivity contribution >= 4 is 23.0 Å². The summed E-state index contributed by atoms with van der Waals surface area (Å²) >= 11 is 0. The van der Waals surface area contributed by atoms with Crippen molar-refractivity contribution in [3.05, 3.63) is 84.2 Å². The van der Waals surface area contributed by atoms with Crippen molar-refractivity contribution in [2.75, 3.05) is 10.2 Å². The highest BCUT2D eigenvalue weighted by atomic mass is 16.2. The zero-order valence-corrected chi connectivity index (χ0v) is 15.3. The van der Waals surface area contributed by atoms with Crippen molar-refractivity contribution in [1.82, 2.24) is 4.98 Å². The van der Waals surface area contributed by atoms with Crippen LogP contribution in [0.15, 0.2) is 72.8 Å². The lowest BCUT2D eigenvalue weighted by Crippen LogP contribution is -2.37. The van der Waals surface area contributed by atoms with Crippen molar-refractivity contribution in [3.63, 3.8) is 0 Å². The van der Waals surface area contributed by atoms with Crippen molar-refractivity contribution < 1.29 is 4.79 Å². The minimum Gasteiger partial charge on any atom is -0.356 e. The lowest BCUT2D eigenvalue weighted by atomic mass is 10.2. The molecule has 0 aliphatic rings. The average molecular weight is 345 g/mol. The molecule has 0 aliphatic heterocycles. The van der Waals surface area contributed by atoms with E-state index in [1.54, 1.807) is 11.0 Å². The maximum atomic E-state index is 13.0. The van der Waals surface area contributed by atoms with Crippen LogP contribution in [-0.2, 0) is 0 Å². The van der Waals surface area contributed by atoms with E-state index in [9.17, 15) is 4.79 Å². The molecule has 0 saturated carbocycles. The van der Waals surface area contributed by atoms with Crippen molar-refractivity contribution in [1.29, 1.82) is 0 Å². The first-order valence-electron chi connectivity index (χ1n) is 8.74. The van der Waals surface area contributed by atoms with Gasteiger partial charge in [-0.1, -0.05) is 24.3 Å². The first-order valence-corrected chi connectivity index (χ1v) is 8.74. The minimum absolute atomic E-state index is 0.0257. The largest absolute Gasteiger partial charge is 0.356 e. The molecule has 1 N–H and O–H groups in total. The van der Waals surface area contributed by atoms with E-state index < -0.39 is 0 Å². The lowest BCUT2D eigenvalue weighted by molar-refractivity contribution is 0.0975. The van der Waals surface area contributed by atoms with Gasteiger partial charge in [-0.25, -0.2) is 4.98 Å². The standard InChI is InChI=1S/C22H23N3O/c1-16(2)25(22(26)21-11-7-8-17(3)23-21)20-14-12-19(13-15-20)24-18-9-5-4-6-10-18/h4-16,24H,1-3H3. The molecule has 132 valence electrons. The van der Waals surface area contributed by atoms with E-state index in [0.29, 0.717) is 5.69 Å². The Labute approximate surface area is 154 Å². The number of carbonyl (C=O) groups is 1. The summed E-state index contributed by atoms with van der Waals surface area (Å²) in [6, 6.07) is 23.4. The van der Waals surface area contributed by atoms with Crippen molar-refractivity contribution in [3.8, 4) is 0 Å². The van der Waals surface area contributed by atoms with Gasteiger partial charge in [0, 0.05) is 28.8 Å². The van der Waals surface area contributed by atoms with Gasteiger partial charge in [0.1, 0.15) is 5.69 Å². The van der Waals surface area contributed by atoms with Crippen LogP contribution in [0, 0.1) is 6.92 Å². The number of pyridine rings is 1. The summed E-state index contributed by atoms with van der Waals surface area (Å²) in [7, 11) is 0. The van der Waals surface area contributed by atoms with Gasteiger partial charge in [-0.05, 0) is 69.3 Å². The number of carbonyl (C=O) groups excluding carboxylic acids is 1. The molecular formula is C22H23N3O. The monoisotopic (exact) mass is 345 g/mol. The lowest BCUT2D eigenvalue weighted by Gasteiger charge is -2.27. The van der Waals surface area contributed by atoms with Crippen LogP contribution >= 0.6 is 0 Å². The van der Waals surface area contributed by atoms with Crippen LogP contribution in [-0.4, -0.2) is 16.9 Å². The second-order valence-electron chi connectivity index (χ2n) is 6.47. The molecule has 4 nitrogen and oxygen atoms in total. The molecule has 1 aromatic heterocycles. The molecule has 0 unspecified atom stereocenters. The molecule has 0 saturated heterocycles. The topological polar surface area (TPSA) is 45.2 Å². The van der Waals surface area contributed by atoms with Crippen LogP contribution < -0.4 is 10.2 Å². The first-order chi connectivity index (χ1) is 12.5. The number of para-hydroxylation sites is 1. The molecule has 3 aromatic rings. The number of hydrogen-bond donors (Lipinski definition) is 1. The Morgan fingerprint density at radius 2 is 1.54 bits per heavy atom. The Bertz CT molecular complexity index is 873. The van der Waals surface area contributed by atoms with Crippen LogP contribution in [0.1, 0.15) is 30.0 Å². The third-order valence-corrected chi connectivity index (χ3v) is 4.05. The summed E-state index contributed by atoms with van der Waals surface area (Å²) in [6.07, 6.45) is 0. The van der Waals surface area contributed by atoms with E-state index in [1.165, 1.54) is 0 Å². The zero-order valence-electron chi connectivity index (χ0n) is 15.3. The number of nitrogens with one attached hydrogen (secondary N) is 1. The predicted octanol–water partition coefficient (Wildman–Crippen LogP) is 5.19. The number of aromatic nitrogens is 1. The third-order valence-electron chi connectivity index (χ3n) is 4.05. The van der Waals surface area contributed by atoms with E-state index >= 15 is 0 Å². The molecule has 4 heteroatoms. The van der Waals surface area contributed by atoms with Crippen LogP contribution in [0.4, 0.5) is 17.1 Å². The zero-order chi connectivity index (χ0) is 18.5. The molecule has 1 heterocycles. The maximum Gasteiger partial charge on any atom is 0.277 e. The smallest absolute Gasteiger partial charge is 0.277 e. The molecule has 0 spiro atoms. The Balaban J connectivity index is 1.83. The summed E-state index contributed by atoms with van der Waals surface area (Å²) in [5.74, 6) is -0.0903. The fourth-order valence-electron chi connectivity index (χ4n) is 2.83. The van der Waals surface area contributed by atoms with Crippen LogP contribution in [0.2, 0.25) is 0 Å². The highest BCUT2D eigenvalue weighted by molar-refractivity contribution is 6.05. The van der Waals surface area contributed by atoms with Crippen LogP contribution in [0.3, 0.4) is 0 Å². The SMILES string of the molecule is Cc1cccc(C(=O)N(c2ccc(Nc3ccccc3)cc2)C(C)C)n1. The quantitative estimate of drug-likeness (QED) is 0.692. The number of nitrogens with zero attached hydrogens (tertiary/aromatic N) is 2. The van der Waals surface area contributed by atoms with Crippen molar-refractivity contribution in [2.24, 2.45) is 0 Å². The fraction of sp³-hybridized carbons (Fsp3) is 0.182. The van der Waals surface area contributed by atoms with Gasteiger partial charge in [-0.3, -0.25) is 4.79 Å². The number of anilines is 3. The second kappa shape index (κ2) is 7.83. The summed E-state index contributed by atoms with van der Waals surface area (Å²) < 4.78 is 0. The number of rotatable bonds is 5. The fourth-order valence-corrected chi connectivity index (χ4v) is 2.83. The van der Waals surface area contributed by atoms with Gasteiger partial charge in [-0.2, -0.15) is 0 Å². The van der Waals surface area contributed by atoms with E-state index in [1.807, 2.05) is 87.5 Å². The van der Waals surface area contributed by atoms with Crippen molar-refractivity contribution in [2.45, 2.75) is 26.8 Å². The number of benzene rings is 2. The van der Waals surface area contributed by atoms with Crippen LogP contribution in [0.25, 0.3) is 0 Å². The molecule has 26 heavy (non-hydrogen) atoms. The number of aryl methyl sites for hydroxylation is 1. The molecular weight excluding hydrogens is 322 g/mol. The molecule has 0 bridgehead atoms. The van der Waals surface area contributed by atoms with E-state index in [-0.39, 0.29) is 11.9 Å². The van der Waals surface area contributed by atoms with Gasteiger partial charge >= 0.3 is 0 Å². The van der Waals surface area contributed by atoms with Gasteiger partial charge in [0.15, 0.2) is 0 Å². The maximum absolute atomic E-state index is 13.0. The Hall–Kier alpha value is -3.14. The highest BCUT2D eigenvalue weighted by Crippen LogP contribution is 2.24. The van der Waals surface area contributed by atoms with E-state index in [4.69, 9.17) is 0 Å². The van der Waals surface area contributed by atoms with Gasteiger partial charge in [0.2, 0.25) is 0 Å². The Morgan fingerprint density at radius 1 is 0.885 bits per heavy atom. The summed E-state index contributed by atoms with van der Waals surface area (Å²) in [5, 5.41) is 3.35. The van der Waals surface area contributed by atoms with Gasteiger partial charge < -0.3 is 10.2 Å². The predicted molar refractivity (Wildman–Crippen MR) is 107 cm³/mol. The minimum atomic E-state index is -0.0903. The van der Waals surface area contributed by atoms with E-state index in [0.717, 1.165) is 22.8 Å². The normalized spacial score (nSPS) is 10.6. The average Bonchev–Trinajstić information content (AvgIpc) is 2.64.